The second-order valence-electron chi connectivity index (χ2n) is 7.84. The first-order valence-electron chi connectivity index (χ1n) is 9.37. The van der Waals surface area contributed by atoms with E-state index in [4.69, 9.17) is 4.99 Å². The summed E-state index contributed by atoms with van der Waals surface area (Å²) in [5, 5.41) is 6.09. The molecular weight excluding hydrogens is 348 g/mol. The molecule has 3 aromatic rings. The number of para-hydroxylation sites is 3. The molecule has 27 heavy (non-hydrogen) atoms. The minimum atomic E-state index is -0.198. The Hall–Kier alpha value is -2.52. The zero-order valence-corrected chi connectivity index (χ0v) is 16.6. The van der Waals surface area contributed by atoms with Crippen LogP contribution in [0.1, 0.15) is 32.3 Å². The Bertz CT molecular complexity index is 1180. The van der Waals surface area contributed by atoms with Gasteiger partial charge < -0.3 is 5.32 Å². The molecule has 1 N–H and O–H groups in total. The Balaban J connectivity index is 1.72. The van der Waals surface area contributed by atoms with Gasteiger partial charge in [-0.15, -0.1) is 0 Å². The second kappa shape index (κ2) is 6.00. The summed E-state index contributed by atoms with van der Waals surface area (Å²) >= 11 is 1.85. The maximum atomic E-state index is 5.12. The van der Waals surface area contributed by atoms with E-state index < -0.39 is 0 Å². The summed E-state index contributed by atoms with van der Waals surface area (Å²) in [4.78, 5) is 7.69. The van der Waals surface area contributed by atoms with Gasteiger partial charge in [-0.2, -0.15) is 0 Å². The van der Waals surface area contributed by atoms with Crippen LogP contribution in [0.5, 0.6) is 0 Å². The van der Waals surface area contributed by atoms with Gasteiger partial charge in [-0.05, 0) is 55.8 Å². The summed E-state index contributed by atoms with van der Waals surface area (Å²) in [7, 11) is 0. The Labute approximate surface area is 164 Å². The Morgan fingerprint density at radius 3 is 2.52 bits per heavy atom. The molecule has 0 saturated carbocycles. The Morgan fingerprint density at radius 2 is 1.63 bits per heavy atom. The first kappa shape index (κ1) is 16.6. The molecule has 2 aliphatic heterocycles. The van der Waals surface area contributed by atoms with Gasteiger partial charge >= 0.3 is 0 Å². The summed E-state index contributed by atoms with van der Waals surface area (Å²) in [5.74, 6) is 0.237. The minimum Gasteiger partial charge on any atom is -0.353 e. The van der Waals surface area contributed by atoms with Crippen molar-refractivity contribution in [2.75, 3.05) is 5.32 Å². The molecule has 0 aliphatic carbocycles. The van der Waals surface area contributed by atoms with Crippen molar-refractivity contribution in [1.29, 1.82) is 0 Å². The van der Waals surface area contributed by atoms with Crippen LogP contribution in [0, 0.1) is 0 Å². The second-order valence-corrected chi connectivity index (χ2v) is 8.93. The molecule has 1 unspecified atom stereocenters. The molecule has 2 heterocycles. The molecule has 3 heteroatoms. The van der Waals surface area contributed by atoms with E-state index >= 15 is 0 Å². The lowest BCUT2D eigenvalue weighted by atomic mass is 9.75. The van der Waals surface area contributed by atoms with Crippen molar-refractivity contribution < 1.29 is 0 Å². The summed E-state index contributed by atoms with van der Waals surface area (Å²) < 4.78 is 0. The maximum absolute atomic E-state index is 5.12. The van der Waals surface area contributed by atoms with Gasteiger partial charge in [0.2, 0.25) is 0 Å². The quantitative estimate of drug-likeness (QED) is 0.494. The third-order valence-electron chi connectivity index (χ3n) is 5.61. The highest BCUT2D eigenvalue weighted by atomic mass is 32.2. The molecule has 0 amide bonds. The molecule has 0 spiro atoms. The Kier molecular flexibility index (Phi) is 3.70. The average molecular weight is 371 g/mol. The van der Waals surface area contributed by atoms with E-state index in [1.165, 1.54) is 37.5 Å². The number of nitrogens with one attached hydrogen (secondary N) is 1. The summed E-state index contributed by atoms with van der Waals surface area (Å²) in [6.07, 6.45) is 0. The van der Waals surface area contributed by atoms with E-state index in [0.29, 0.717) is 0 Å². The van der Waals surface area contributed by atoms with Crippen LogP contribution < -0.4 is 15.9 Å². The van der Waals surface area contributed by atoms with Crippen LogP contribution >= 0.6 is 11.8 Å². The van der Waals surface area contributed by atoms with Crippen LogP contribution in [0.3, 0.4) is 0 Å². The number of fused-ring (bicyclic) bond motifs is 3. The van der Waals surface area contributed by atoms with Crippen molar-refractivity contribution in [3.63, 3.8) is 0 Å². The molecule has 0 aromatic heterocycles. The number of rotatable bonds is 1. The van der Waals surface area contributed by atoms with Gasteiger partial charge in [0.15, 0.2) is 0 Å². The lowest BCUT2D eigenvalue weighted by Crippen LogP contribution is -2.42. The number of benzene rings is 3. The van der Waals surface area contributed by atoms with Gasteiger partial charge in [0.1, 0.15) is 0 Å². The fourth-order valence-corrected chi connectivity index (χ4v) is 5.53. The van der Waals surface area contributed by atoms with Crippen molar-refractivity contribution in [3.8, 4) is 0 Å². The molecule has 0 bridgehead atoms. The van der Waals surface area contributed by atoms with Crippen molar-refractivity contribution in [2.45, 2.75) is 42.0 Å². The SMILES string of the molecule is CC1=c2ccccc2=NC(C)(C)C1c1cccc2c1Nc1ccccc1S2. The predicted octanol–water partition coefficient (Wildman–Crippen LogP) is 5.26. The number of anilines is 2. The molecule has 5 rings (SSSR count). The van der Waals surface area contributed by atoms with Crippen LogP contribution in [0.15, 0.2) is 81.5 Å². The molecule has 3 aromatic carbocycles. The van der Waals surface area contributed by atoms with E-state index in [-0.39, 0.29) is 11.5 Å². The van der Waals surface area contributed by atoms with Gasteiger partial charge in [-0.1, -0.05) is 59.8 Å². The topological polar surface area (TPSA) is 24.4 Å². The smallest absolute Gasteiger partial charge is 0.0665 e. The normalized spacial score (nSPS) is 19.2. The summed E-state index contributed by atoms with van der Waals surface area (Å²) in [5.41, 5.74) is 4.94. The lowest BCUT2D eigenvalue weighted by molar-refractivity contribution is 0.456. The highest BCUT2D eigenvalue weighted by Gasteiger charge is 2.36. The fourth-order valence-electron chi connectivity index (χ4n) is 4.50. The largest absolute Gasteiger partial charge is 0.353 e. The van der Waals surface area contributed by atoms with Crippen LogP contribution in [-0.2, 0) is 0 Å². The van der Waals surface area contributed by atoms with Gasteiger partial charge in [0.25, 0.3) is 0 Å². The average Bonchev–Trinajstić information content (AvgIpc) is 2.66. The highest BCUT2D eigenvalue weighted by Crippen LogP contribution is 2.50. The molecule has 0 fully saturated rings. The number of hydrogen-bond acceptors (Lipinski definition) is 3. The first-order valence-corrected chi connectivity index (χ1v) is 10.2. The first-order chi connectivity index (χ1) is 13.0. The van der Waals surface area contributed by atoms with E-state index in [0.717, 1.165) is 5.36 Å². The van der Waals surface area contributed by atoms with Crippen molar-refractivity contribution in [3.05, 3.63) is 82.9 Å². The molecule has 0 radical (unpaired) electrons. The zero-order chi connectivity index (χ0) is 18.6. The van der Waals surface area contributed by atoms with Crippen molar-refractivity contribution >= 4 is 28.7 Å². The molecule has 2 aliphatic rings. The van der Waals surface area contributed by atoms with E-state index in [2.05, 4.69) is 92.8 Å². The molecule has 2 nitrogen and oxygen atoms in total. The lowest BCUT2D eigenvalue weighted by Gasteiger charge is -2.37. The van der Waals surface area contributed by atoms with E-state index in [9.17, 15) is 0 Å². The van der Waals surface area contributed by atoms with Crippen LogP contribution in [0.2, 0.25) is 0 Å². The van der Waals surface area contributed by atoms with E-state index in [1.807, 2.05) is 11.8 Å². The van der Waals surface area contributed by atoms with Crippen LogP contribution in [-0.4, -0.2) is 5.54 Å². The molecule has 1 atom stereocenters. The monoisotopic (exact) mass is 370 g/mol. The summed E-state index contributed by atoms with van der Waals surface area (Å²) in [6.45, 7) is 6.77. The standard InChI is InChI=1S/C24H22N2S/c1-15-16-9-4-5-11-18(16)26-24(2,3)22(15)17-10-8-14-21-23(17)25-19-12-6-7-13-20(19)27-21/h4-14,22,25H,1-3H3. The zero-order valence-electron chi connectivity index (χ0n) is 15.8. The molecular formula is C24H22N2S. The fraction of sp³-hybridized carbons (Fsp3) is 0.208. The van der Waals surface area contributed by atoms with Crippen LogP contribution in [0.4, 0.5) is 11.4 Å². The van der Waals surface area contributed by atoms with E-state index in [1.54, 1.807) is 0 Å². The predicted molar refractivity (Wildman–Crippen MR) is 113 cm³/mol. The molecule has 0 saturated heterocycles. The minimum absolute atomic E-state index is 0.198. The van der Waals surface area contributed by atoms with Gasteiger partial charge in [0.05, 0.1) is 22.3 Å². The summed E-state index contributed by atoms with van der Waals surface area (Å²) in [6, 6.07) is 23.7. The third-order valence-corrected chi connectivity index (χ3v) is 6.75. The van der Waals surface area contributed by atoms with Crippen LogP contribution in [0.25, 0.3) is 5.57 Å². The number of nitrogens with zero attached hydrogens (tertiary/aromatic N) is 1. The van der Waals surface area contributed by atoms with Gasteiger partial charge in [-0.25, -0.2) is 0 Å². The third kappa shape index (κ3) is 2.61. The Morgan fingerprint density at radius 1 is 0.889 bits per heavy atom. The number of hydrogen-bond donors (Lipinski definition) is 1. The van der Waals surface area contributed by atoms with Crippen molar-refractivity contribution in [2.24, 2.45) is 4.99 Å². The van der Waals surface area contributed by atoms with Crippen molar-refractivity contribution in [1.82, 2.24) is 0 Å². The van der Waals surface area contributed by atoms with Gasteiger partial charge in [-0.3, -0.25) is 4.99 Å². The van der Waals surface area contributed by atoms with Gasteiger partial charge in [0, 0.05) is 15.7 Å². The molecule has 134 valence electrons. The maximum Gasteiger partial charge on any atom is 0.0665 e. The highest BCUT2D eigenvalue weighted by molar-refractivity contribution is 7.99.